The third-order valence-electron chi connectivity index (χ3n) is 2.56. The smallest absolute Gasteiger partial charge is 0.120 e. The van der Waals surface area contributed by atoms with Gasteiger partial charge in [-0.05, 0) is 45.3 Å². The van der Waals surface area contributed by atoms with Crippen LogP contribution in [0.25, 0.3) is 0 Å². The molecule has 1 rings (SSSR count). The van der Waals surface area contributed by atoms with Gasteiger partial charge in [0.05, 0.1) is 0 Å². The Morgan fingerprint density at radius 1 is 1.31 bits per heavy atom. The minimum Gasteiger partial charge on any atom is -0.309 e. The Labute approximate surface area is 82.3 Å². The zero-order chi connectivity index (χ0) is 10.3. The second kappa shape index (κ2) is 6.14. The first-order chi connectivity index (χ1) is 6.18. The third kappa shape index (κ3) is 5.04. The number of aldehydes is 1. The standard InChI is InChI=1S/C9H17NO.C2H6/c1-10(2)7-5-9(3-4-9)6-8-11;1-2/h8H,3-7H2,1-2H3;1-2H3. The molecule has 0 unspecified atom stereocenters. The minimum absolute atomic E-state index is 0.423. The maximum atomic E-state index is 10.3. The Hall–Kier alpha value is -0.370. The van der Waals surface area contributed by atoms with Crippen LogP contribution in [0.4, 0.5) is 0 Å². The molecule has 0 aromatic heterocycles. The lowest BCUT2D eigenvalue weighted by atomic mass is 9.99. The van der Waals surface area contributed by atoms with E-state index in [1.807, 2.05) is 13.8 Å². The van der Waals surface area contributed by atoms with Gasteiger partial charge in [0.25, 0.3) is 0 Å². The van der Waals surface area contributed by atoms with Crippen LogP contribution < -0.4 is 0 Å². The quantitative estimate of drug-likeness (QED) is 0.613. The highest BCUT2D eigenvalue weighted by Crippen LogP contribution is 2.51. The SMILES string of the molecule is CC.CN(C)CCC1(CC=O)CC1. The molecule has 0 N–H and O–H groups in total. The lowest BCUT2D eigenvalue weighted by Gasteiger charge is -2.15. The molecule has 0 spiro atoms. The van der Waals surface area contributed by atoms with E-state index in [1.165, 1.54) is 19.3 Å². The van der Waals surface area contributed by atoms with Crippen LogP contribution in [-0.2, 0) is 4.79 Å². The molecular formula is C11H23NO. The minimum atomic E-state index is 0.423. The fraction of sp³-hybridized carbons (Fsp3) is 0.909. The second-order valence-electron chi connectivity index (χ2n) is 3.92. The molecule has 2 heteroatoms. The third-order valence-corrected chi connectivity index (χ3v) is 2.56. The highest BCUT2D eigenvalue weighted by Gasteiger charge is 2.41. The highest BCUT2D eigenvalue weighted by atomic mass is 16.1. The Morgan fingerprint density at radius 3 is 2.15 bits per heavy atom. The number of hydrogen-bond donors (Lipinski definition) is 0. The molecule has 1 aliphatic rings. The van der Waals surface area contributed by atoms with Crippen molar-refractivity contribution in [2.45, 2.75) is 39.5 Å². The van der Waals surface area contributed by atoms with E-state index in [9.17, 15) is 4.79 Å². The molecule has 0 amide bonds. The Bertz CT molecular complexity index is 139. The average Bonchev–Trinajstić information content (AvgIpc) is 2.87. The molecule has 1 fully saturated rings. The molecule has 0 saturated heterocycles. The topological polar surface area (TPSA) is 20.3 Å². The monoisotopic (exact) mass is 185 g/mol. The maximum absolute atomic E-state index is 10.3. The van der Waals surface area contributed by atoms with Crippen molar-refractivity contribution in [2.75, 3.05) is 20.6 Å². The van der Waals surface area contributed by atoms with E-state index in [2.05, 4.69) is 19.0 Å². The van der Waals surface area contributed by atoms with Crippen molar-refractivity contribution < 1.29 is 4.79 Å². The molecule has 78 valence electrons. The van der Waals surface area contributed by atoms with Crippen LogP contribution >= 0.6 is 0 Å². The number of carbonyl (C=O) groups excluding carboxylic acids is 1. The average molecular weight is 185 g/mol. The highest BCUT2D eigenvalue weighted by molar-refractivity contribution is 5.51. The molecule has 0 aromatic carbocycles. The van der Waals surface area contributed by atoms with Crippen molar-refractivity contribution in [2.24, 2.45) is 5.41 Å². The molecule has 13 heavy (non-hydrogen) atoms. The van der Waals surface area contributed by atoms with Gasteiger partial charge >= 0.3 is 0 Å². The summed E-state index contributed by atoms with van der Waals surface area (Å²) in [5.41, 5.74) is 0.423. The zero-order valence-corrected chi connectivity index (χ0v) is 9.47. The summed E-state index contributed by atoms with van der Waals surface area (Å²) in [6.07, 6.45) is 5.57. The van der Waals surface area contributed by atoms with Crippen LogP contribution in [0.5, 0.6) is 0 Å². The van der Waals surface area contributed by atoms with E-state index < -0.39 is 0 Å². The van der Waals surface area contributed by atoms with Crippen molar-refractivity contribution in [1.82, 2.24) is 4.90 Å². The first-order valence-corrected chi connectivity index (χ1v) is 5.27. The molecule has 0 aromatic rings. The van der Waals surface area contributed by atoms with Gasteiger partial charge in [0.15, 0.2) is 0 Å². The zero-order valence-electron chi connectivity index (χ0n) is 9.47. The van der Waals surface area contributed by atoms with Gasteiger partial charge in [0.1, 0.15) is 6.29 Å². The van der Waals surface area contributed by atoms with Gasteiger partial charge in [-0.3, -0.25) is 0 Å². The molecule has 2 nitrogen and oxygen atoms in total. The molecule has 1 aliphatic carbocycles. The number of hydrogen-bond acceptors (Lipinski definition) is 2. The summed E-state index contributed by atoms with van der Waals surface area (Å²) in [7, 11) is 4.16. The van der Waals surface area contributed by atoms with Crippen LogP contribution in [0.3, 0.4) is 0 Å². The van der Waals surface area contributed by atoms with E-state index in [1.54, 1.807) is 0 Å². The molecule has 1 saturated carbocycles. The first kappa shape index (κ1) is 12.6. The van der Waals surface area contributed by atoms with Crippen molar-refractivity contribution >= 4 is 6.29 Å². The van der Waals surface area contributed by atoms with Crippen LogP contribution in [0.15, 0.2) is 0 Å². The maximum Gasteiger partial charge on any atom is 0.120 e. The summed E-state index contributed by atoms with van der Waals surface area (Å²) < 4.78 is 0. The van der Waals surface area contributed by atoms with Crippen LogP contribution in [0.1, 0.15) is 39.5 Å². The fourth-order valence-corrected chi connectivity index (χ4v) is 1.37. The number of nitrogens with zero attached hydrogens (tertiary/aromatic N) is 1. The van der Waals surface area contributed by atoms with Gasteiger partial charge in [-0.1, -0.05) is 13.8 Å². The lowest BCUT2D eigenvalue weighted by Crippen LogP contribution is -2.17. The van der Waals surface area contributed by atoms with Gasteiger partial charge in [0, 0.05) is 6.42 Å². The second-order valence-corrected chi connectivity index (χ2v) is 3.92. The number of rotatable bonds is 5. The summed E-state index contributed by atoms with van der Waals surface area (Å²) in [5, 5.41) is 0. The predicted octanol–water partition coefficient (Wildman–Crippen LogP) is 2.33. The van der Waals surface area contributed by atoms with Crippen LogP contribution in [-0.4, -0.2) is 31.8 Å². The van der Waals surface area contributed by atoms with Gasteiger partial charge in [-0.25, -0.2) is 0 Å². The van der Waals surface area contributed by atoms with Gasteiger partial charge < -0.3 is 9.69 Å². The molecule has 0 heterocycles. The Morgan fingerprint density at radius 2 is 1.85 bits per heavy atom. The summed E-state index contributed by atoms with van der Waals surface area (Å²) in [5.74, 6) is 0. The molecule has 0 radical (unpaired) electrons. The van der Waals surface area contributed by atoms with Gasteiger partial charge in [-0.15, -0.1) is 0 Å². The van der Waals surface area contributed by atoms with E-state index in [0.717, 1.165) is 19.3 Å². The molecule has 0 aliphatic heterocycles. The normalized spacial score (nSPS) is 17.6. The summed E-state index contributed by atoms with van der Waals surface area (Å²) in [6, 6.07) is 0. The molecular weight excluding hydrogens is 162 g/mol. The van der Waals surface area contributed by atoms with E-state index in [4.69, 9.17) is 0 Å². The lowest BCUT2D eigenvalue weighted by molar-refractivity contribution is -0.108. The van der Waals surface area contributed by atoms with Crippen molar-refractivity contribution in [3.63, 3.8) is 0 Å². The first-order valence-electron chi connectivity index (χ1n) is 5.27. The van der Waals surface area contributed by atoms with E-state index in [-0.39, 0.29) is 0 Å². The summed E-state index contributed by atoms with van der Waals surface area (Å²) >= 11 is 0. The van der Waals surface area contributed by atoms with Crippen molar-refractivity contribution in [3.05, 3.63) is 0 Å². The molecule has 0 atom stereocenters. The van der Waals surface area contributed by atoms with Crippen LogP contribution in [0.2, 0.25) is 0 Å². The van der Waals surface area contributed by atoms with E-state index >= 15 is 0 Å². The van der Waals surface area contributed by atoms with Crippen molar-refractivity contribution in [3.8, 4) is 0 Å². The van der Waals surface area contributed by atoms with Gasteiger partial charge in [0.2, 0.25) is 0 Å². The Kier molecular flexibility index (Phi) is 5.97. The summed E-state index contributed by atoms with van der Waals surface area (Å²) in [4.78, 5) is 12.5. The van der Waals surface area contributed by atoms with Gasteiger partial charge in [-0.2, -0.15) is 0 Å². The largest absolute Gasteiger partial charge is 0.309 e. The predicted molar refractivity (Wildman–Crippen MR) is 56.9 cm³/mol. The Balaban J connectivity index is 0.000000671. The van der Waals surface area contributed by atoms with Crippen LogP contribution in [0, 0.1) is 5.41 Å². The van der Waals surface area contributed by atoms with E-state index in [0.29, 0.717) is 5.41 Å². The fourth-order valence-electron chi connectivity index (χ4n) is 1.37. The number of carbonyl (C=O) groups is 1. The molecule has 0 bridgehead atoms. The summed E-state index contributed by atoms with van der Waals surface area (Å²) in [6.45, 7) is 5.12. The van der Waals surface area contributed by atoms with Crippen molar-refractivity contribution in [1.29, 1.82) is 0 Å².